The number of para-hydroxylation sites is 3. The Labute approximate surface area is 366 Å². The van der Waals surface area contributed by atoms with E-state index in [2.05, 4.69) is 246 Å². The molecule has 0 N–H and O–H groups in total. The van der Waals surface area contributed by atoms with Gasteiger partial charge in [0.1, 0.15) is 0 Å². The number of hydrogen-bond donors (Lipinski definition) is 0. The minimum atomic E-state index is 0.140. The minimum absolute atomic E-state index is 0.140. The lowest BCUT2D eigenvalue weighted by Gasteiger charge is -2.16. The largest absolute Gasteiger partial charge is 0.309 e. The molecule has 2 nitrogen and oxygen atoms in total. The topological polar surface area (TPSA) is 9.86 Å². The van der Waals surface area contributed by atoms with Crippen molar-refractivity contribution in [1.29, 1.82) is 0 Å². The number of aromatic nitrogens is 2. The number of fused-ring (bicyclic) bond motifs is 9. The van der Waals surface area contributed by atoms with Crippen LogP contribution in [0.4, 0.5) is 0 Å². The third-order valence-corrected chi connectivity index (χ3v) is 13.4. The Morgan fingerprint density at radius 3 is 1.40 bits per heavy atom. The van der Waals surface area contributed by atoms with Crippen LogP contribution in [0.5, 0.6) is 0 Å². The Hall–Kier alpha value is -8.20. The van der Waals surface area contributed by atoms with E-state index < -0.39 is 0 Å². The first-order chi connectivity index (χ1) is 31.2. The second-order valence-corrected chi connectivity index (χ2v) is 16.9. The van der Waals surface area contributed by atoms with E-state index in [9.17, 15) is 0 Å². The molecule has 294 valence electrons. The summed E-state index contributed by atoms with van der Waals surface area (Å²) < 4.78 is 4.79. The van der Waals surface area contributed by atoms with Gasteiger partial charge in [-0.15, -0.1) is 0 Å². The summed E-state index contributed by atoms with van der Waals surface area (Å²) >= 11 is 0. The molecule has 0 bridgehead atoms. The van der Waals surface area contributed by atoms with Gasteiger partial charge >= 0.3 is 0 Å². The molecule has 0 aliphatic heterocycles. The van der Waals surface area contributed by atoms with Gasteiger partial charge in [-0.05, 0) is 128 Å². The second-order valence-electron chi connectivity index (χ2n) is 16.9. The molecule has 13 rings (SSSR count). The van der Waals surface area contributed by atoms with Gasteiger partial charge < -0.3 is 9.13 Å². The van der Waals surface area contributed by atoms with Crippen LogP contribution in [-0.4, -0.2) is 9.13 Å². The zero-order valence-corrected chi connectivity index (χ0v) is 34.5. The minimum Gasteiger partial charge on any atom is -0.309 e. The highest BCUT2D eigenvalue weighted by Crippen LogP contribution is 2.50. The van der Waals surface area contributed by atoms with E-state index in [4.69, 9.17) is 0 Å². The zero-order chi connectivity index (χ0) is 41.4. The van der Waals surface area contributed by atoms with Crippen molar-refractivity contribution in [3.8, 4) is 55.9 Å². The molecule has 1 aliphatic rings. The molecule has 0 saturated carbocycles. The summed E-state index contributed by atoms with van der Waals surface area (Å²) in [6.07, 6.45) is 0. The molecule has 1 aliphatic carbocycles. The van der Waals surface area contributed by atoms with E-state index in [1.54, 1.807) is 0 Å². The van der Waals surface area contributed by atoms with Crippen LogP contribution in [0, 0.1) is 0 Å². The Kier molecular flexibility index (Phi) is 8.01. The van der Waals surface area contributed by atoms with Crippen molar-refractivity contribution in [3.05, 3.63) is 253 Å². The van der Waals surface area contributed by atoms with Crippen molar-refractivity contribution < 1.29 is 0 Å². The molecule has 63 heavy (non-hydrogen) atoms. The monoisotopic (exact) mass is 800 g/mol. The summed E-state index contributed by atoms with van der Waals surface area (Å²) in [5.74, 6) is 0.140. The molecule has 1 unspecified atom stereocenters. The van der Waals surface area contributed by atoms with Gasteiger partial charge in [0.25, 0.3) is 0 Å². The Balaban J connectivity index is 0.879. The predicted molar refractivity (Wildman–Crippen MR) is 264 cm³/mol. The number of rotatable bonds is 6. The lowest BCUT2D eigenvalue weighted by Crippen LogP contribution is -1.99. The smallest absolute Gasteiger partial charge is 0.0541 e. The van der Waals surface area contributed by atoms with Crippen LogP contribution in [0.1, 0.15) is 22.6 Å². The Morgan fingerprint density at radius 2 is 0.714 bits per heavy atom. The van der Waals surface area contributed by atoms with Gasteiger partial charge in [-0.1, -0.05) is 170 Å². The third-order valence-electron chi connectivity index (χ3n) is 13.4. The molecule has 12 aromatic rings. The first-order valence-corrected chi connectivity index (χ1v) is 21.9. The first kappa shape index (κ1) is 35.5. The summed E-state index contributed by atoms with van der Waals surface area (Å²) in [5.41, 5.74) is 21.2. The molecule has 1 atom stereocenters. The van der Waals surface area contributed by atoms with Gasteiger partial charge in [0.2, 0.25) is 0 Å². The Bertz CT molecular complexity index is 3720. The highest BCUT2D eigenvalue weighted by Gasteiger charge is 2.30. The SMILES string of the molecule is c1ccc(-c2ccc(-n3c4ccccc4c4cc(-c5cccc(C6c7ccccc7-c7cc(-c8ccc9c(c8)c8ccccc8n9-c8ccccc8)ccc76)c5)ccc43)cc2)cc1. The standard InChI is InChI=1S/C61H40N2/c1-3-14-40(15-4-1)41-26-31-48(32-27-41)63-58-25-12-10-22-51(58)55-38-44(29-34-60(55)63)42-16-13-17-46(36-42)61-52-23-8-7-20-49(52)54-37-43(28-33-53(54)61)45-30-35-59-56(39-45)50-21-9-11-24-57(50)62(59)47-18-5-2-6-19-47/h1-39,61H. The van der Waals surface area contributed by atoms with Gasteiger partial charge in [-0.2, -0.15) is 0 Å². The summed E-state index contributed by atoms with van der Waals surface area (Å²) in [5, 5.41) is 5.05. The van der Waals surface area contributed by atoms with E-state index in [1.807, 2.05) is 0 Å². The van der Waals surface area contributed by atoms with Crippen LogP contribution in [-0.2, 0) is 0 Å². The summed E-state index contributed by atoms with van der Waals surface area (Å²) in [6.45, 7) is 0. The van der Waals surface area contributed by atoms with Gasteiger partial charge in [0, 0.05) is 38.8 Å². The van der Waals surface area contributed by atoms with Crippen molar-refractivity contribution in [1.82, 2.24) is 9.13 Å². The van der Waals surface area contributed by atoms with Crippen molar-refractivity contribution in [2.75, 3.05) is 0 Å². The maximum absolute atomic E-state index is 2.43. The van der Waals surface area contributed by atoms with Crippen LogP contribution < -0.4 is 0 Å². The summed E-state index contributed by atoms with van der Waals surface area (Å²) in [7, 11) is 0. The lowest BCUT2D eigenvalue weighted by atomic mass is 9.87. The van der Waals surface area contributed by atoms with E-state index in [0.717, 1.165) is 5.69 Å². The highest BCUT2D eigenvalue weighted by atomic mass is 15.0. The van der Waals surface area contributed by atoms with Crippen LogP contribution in [0.15, 0.2) is 237 Å². The van der Waals surface area contributed by atoms with Gasteiger partial charge in [-0.25, -0.2) is 0 Å². The van der Waals surface area contributed by atoms with Crippen molar-refractivity contribution >= 4 is 43.6 Å². The third kappa shape index (κ3) is 5.65. The van der Waals surface area contributed by atoms with Crippen LogP contribution in [0.3, 0.4) is 0 Å². The lowest BCUT2D eigenvalue weighted by molar-refractivity contribution is 1.02. The van der Waals surface area contributed by atoms with E-state index >= 15 is 0 Å². The maximum atomic E-state index is 2.43. The van der Waals surface area contributed by atoms with E-state index in [0.29, 0.717) is 0 Å². The number of benzene rings is 10. The van der Waals surface area contributed by atoms with E-state index in [-0.39, 0.29) is 5.92 Å². The molecular weight excluding hydrogens is 761 g/mol. The molecule has 10 aromatic carbocycles. The molecule has 2 aromatic heterocycles. The van der Waals surface area contributed by atoms with Crippen LogP contribution >= 0.6 is 0 Å². The maximum Gasteiger partial charge on any atom is 0.0541 e. The molecule has 0 amide bonds. The van der Waals surface area contributed by atoms with Gasteiger partial charge in [0.05, 0.1) is 22.1 Å². The van der Waals surface area contributed by atoms with Crippen molar-refractivity contribution in [2.45, 2.75) is 5.92 Å². The molecule has 2 heteroatoms. The number of hydrogen-bond acceptors (Lipinski definition) is 0. The zero-order valence-electron chi connectivity index (χ0n) is 34.5. The molecule has 0 spiro atoms. The van der Waals surface area contributed by atoms with Crippen molar-refractivity contribution in [2.24, 2.45) is 0 Å². The average molecular weight is 801 g/mol. The fourth-order valence-corrected chi connectivity index (χ4v) is 10.5. The Morgan fingerprint density at radius 1 is 0.254 bits per heavy atom. The summed E-state index contributed by atoms with van der Waals surface area (Å²) in [4.78, 5) is 0. The fourth-order valence-electron chi connectivity index (χ4n) is 10.5. The van der Waals surface area contributed by atoms with Crippen LogP contribution in [0.25, 0.3) is 99.5 Å². The molecular formula is C61H40N2. The average Bonchev–Trinajstić information content (AvgIpc) is 3.99. The first-order valence-electron chi connectivity index (χ1n) is 21.9. The van der Waals surface area contributed by atoms with Gasteiger partial charge in [0.15, 0.2) is 0 Å². The molecule has 0 radical (unpaired) electrons. The second kappa shape index (κ2) is 14.2. The molecule has 0 fully saturated rings. The van der Waals surface area contributed by atoms with Gasteiger partial charge in [-0.3, -0.25) is 0 Å². The van der Waals surface area contributed by atoms with E-state index in [1.165, 1.54) is 110 Å². The fraction of sp³-hybridized carbons (Fsp3) is 0.0164. The summed E-state index contributed by atoms with van der Waals surface area (Å²) in [6, 6.07) is 87.2. The highest BCUT2D eigenvalue weighted by molar-refractivity contribution is 6.11. The van der Waals surface area contributed by atoms with Crippen LogP contribution in [0.2, 0.25) is 0 Å². The quantitative estimate of drug-likeness (QED) is 0.159. The molecule has 2 heterocycles. The predicted octanol–water partition coefficient (Wildman–Crippen LogP) is 16.0. The number of nitrogens with zero attached hydrogens (tertiary/aromatic N) is 2. The normalized spacial score (nSPS) is 13.2. The van der Waals surface area contributed by atoms with Crippen molar-refractivity contribution in [3.63, 3.8) is 0 Å². The molecule has 0 saturated heterocycles.